The highest BCUT2D eigenvalue weighted by atomic mass is 16.5. The molecule has 32 heavy (non-hydrogen) atoms. The van der Waals surface area contributed by atoms with Crippen LogP contribution in [0.1, 0.15) is 87.6 Å². The van der Waals surface area contributed by atoms with E-state index in [9.17, 15) is 9.59 Å². The molecular formula is C25H34N4O3. The van der Waals surface area contributed by atoms with E-state index in [1.54, 1.807) is 0 Å². The van der Waals surface area contributed by atoms with E-state index < -0.39 is 5.54 Å². The molecule has 0 radical (unpaired) electrons. The maximum absolute atomic E-state index is 13.0. The second-order valence-corrected chi connectivity index (χ2v) is 9.43. The molecule has 2 aromatic rings. The van der Waals surface area contributed by atoms with E-state index in [1.165, 1.54) is 12.5 Å². The van der Waals surface area contributed by atoms with Crippen molar-refractivity contribution in [3.63, 3.8) is 0 Å². The topological polar surface area (TPSA) is 88.3 Å². The van der Waals surface area contributed by atoms with Gasteiger partial charge in [0.05, 0.1) is 0 Å². The zero-order valence-electron chi connectivity index (χ0n) is 19.2. The predicted molar refractivity (Wildman–Crippen MR) is 121 cm³/mol. The Labute approximate surface area is 189 Å². The van der Waals surface area contributed by atoms with Crippen LogP contribution >= 0.6 is 0 Å². The third kappa shape index (κ3) is 5.56. The van der Waals surface area contributed by atoms with Crippen molar-refractivity contribution in [3.8, 4) is 0 Å². The van der Waals surface area contributed by atoms with Gasteiger partial charge in [0.2, 0.25) is 17.7 Å². The first kappa shape index (κ1) is 22.5. The fourth-order valence-corrected chi connectivity index (χ4v) is 4.68. The quantitative estimate of drug-likeness (QED) is 0.625. The number of hydrogen-bond acceptors (Lipinski definition) is 5. The number of aromatic nitrogens is 2. The Bertz CT molecular complexity index is 925. The van der Waals surface area contributed by atoms with Crippen LogP contribution in [-0.2, 0) is 28.1 Å². The van der Waals surface area contributed by atoms with Crippen molar-refractivity contribution in [2.45, 2.75) is 96.2 Å². The van der Waals surface area contributed by atoms with Gasteiger partial charge in [-0.3, -0.25) is 9.59 Å². The fraction of sp³-hybridized carbons (Fsp3) is 0.600. The predicted octanol–water partition coefficient (Wildman–Crippen LogP) is 4.19. The van der Waals surface area contributed by atoms with Gasteiger partial charge in [0.1, 0.15) is 5.54 Å². The molecule has 4 rings (SSSR count). The Balaban J connectivity index is 1.40. The van der Waals surface area contributed by atoms with Crippen molar-refractivity contribution in [1.29, 1.82) is 0 Å². The Hall–Kier alpha value is -2.70. The third-order valence-electron chi connectivity index (χ3n) is 6.60. The van der Waals surface area contributed by atoms with E-state index in [0.29, 0.717) is 37.1 Å². The molecule has 2 amide bonds. The fourth-order valence-electron chi connectivity index (χ4n) is 4.68. The Kier molecular flexibility index (Phi) is 6.92. The molecule has 0 saturated heterocycles. The molecule has 7 heteroatoms. The van der Waals surface area contributed by atoms with Gasteiger partial charge in [-0.05, 0) is 38.2 Å². The van der Waals surface area contributed by atoms with Crippen molar-refractivity contribution in [2.75, 3.05) is 0 Å². The first-order valence-corrected chi connectivity index (χ1v) is 11.9. The van der Waals surface area contributed by atoms with Crippen molar-refractivity contribution in [3.05, 3.63) is 47.1 Å². The monoisotopic (exact) mass is 438 g/mol. The molecule has 0 atom stereocenters. The van der Waals surface area contributed by atoms with Gasteiger partial charge in [-0.2, -0.15) is 4.98 Å². The van der Waals surface area contributed by atoms with Gasteiger partial charge in [-0.25, -0.2) is 0 Å². The summed E-state index contributed by atoms with van der Waals surface area (Å²) in [6.45, 7) is 4.24. The molecule has 0 aliphatic heterocycles. The van der Waals surface area contributed by atoms with E-state index in [4.69, 9.17) is 4.52 Å². The van der Waals surface area contributed by atoms with Crippen LogP contribution in [0.3, 0.4) is 0 Å². The molecule has 7 nitrogen and oxygen atoms in total. The Morgan fingerprint density at radius 3 is 2.44 bits per heavy atom. The van der Waals surface area contributed by atoms with E-state index in [-0.39, 0.29) is 11.8 Å². The number of amides is 2. The van der Waals surface area contributed by atoms with Crippen LogP contribution in [0.5, 0.6) is 0 Å². The Morgan fingerprint density at radius 2 is 1.81 bits per heavy atom. The zero-order valence-corrected chi connectivity index (χ0v) is 19.2. The summed E-state index contributed by atoms with van der Waals surface area (Å²) in [6.07, 6.45) is 8.89. The normalized spacial score (nSPS) is 18.1. The van der Waals surface area contributed by atoms with Crippen LogP contribution in [0, 0.1) is 6.92 Å². The lowest BCUT2D eigenvalue weighted by Crippen LogP contribution is -2.45. The number of carbonyl (C=O) groups excluding carboxylic acids is 2. The van der Waals surface area contributed by atoms with Crippen LogP contribution < -0.4 is 5.32 Å². The highest BCUT2D eigenvalue weighted by Gasteiger charge is 2.38. The molecule has 2 fully saturated rings. The minimum Gasteiger partial charge on any atom is -0.343 e. The van der Waals surface area contributed by atoms with Gasteiger partial charge < -0.3 is 14.7 Å². The highest BCUT2D eigenvalue weighted by molar-refractivity contribution is 5.77. The average molecular weight is 439 g/mol. The molecule has 2 aliphatic carbocycles. The SMILES string of the molecule is CC(=O)NC1(c2noc(CCC(=O)N(Cc3ccc(C)cc3)C3CC3)n2)CCCCCC1. The van der Waals surface area contributed by atoms with Crippen molar-refractivity contribution >= 4 is 11.8 Å². The minimum atomic E-state index is -0.556. The summed E-state index contributed by atoms with van der Waals surface area (Å²) >= 11 is 0. The molecule has 1 aromatic carbocycles. The van der Waals surface area contributed by atoms with Gasteiger partial charge in [-0.1, -0.05) is 60.7 Å². The summed E-state index contributed by atoms with van der Waals surface area (Å²) in [4.78, 5) is 31.5. The number of nitrogens with one attached hydrogen (secondary N) is 1. The average Bonchev–Trinajstić information content (AvgIpc) is 3.54. The number of benzene rings is 1. The molecule has 2 aliphatic rings. The summed E-state index contributed by atoms with van der Waals surface area (Å²) in [7, 11) is 0. The number of hydrogen-bond donors (Lipinski definition) is 1. The van der Waals surface area contributed by atoms with E-state index in [2.05, 4.69) is 46.6 Å². The maximum Gasteiger partial charge on any atom is 0.227 e. The summed E-state index contributed by atoms with van der Waals surface area (Å²) < 4.78 is 5.52. The summed E-state index contributed by atoms with van der Waals surface area (Å²) in [6, 6.07) is 8.70. The molecule has 1 heterocycles. The van der Waals surface area contributed by atoms with E-state index in [0.717, 1.165) is 56.9 Å². The van der Waals surface area contributed by atoms with Crippen molar-refractivity contribution in [1.82, 2.24) is 20.4 Å². The van der Waals surface area contributed by atoms with E-state index in [1.807, 2.05) is 4.90 Å². The van der Waals surface area contributed by atoms with Gasteiger partial charge in [0.15, 0.2) is 5.82 Å². The number of aryl methyl sites for hydroxylation is 2. The maximum atomic E-state index is 13.0. The van der Waals surface area contributed by atoms with Crippen LogP contribution in [0.25, 0.3) is 0 Å². The standard InChI is InChI=1S/C25H34N4O3/c1-18-7-9-20(10-8-18)17-29(21-11-12-21)23(31)14-13-22-26-24(28-32-22)25(27-19(2)30)15-5-3-4-6-16-25/h7-10,21H,3-6,11-17H2,1-2H3,(H,27,30). The van der Waals surface area contributed by atoms with Gasteiger partial charge >= 0.3 is 0 Å². The van der Waals surface area contributed by atoms with Crippen LogP contribution in [0.4, 0.5) is 0 Å². The van der Waals surface area contributed by atoms with Crippen molar-refractivity contribution < 1.29 is 14.1 Å². The van der Waals surface area contributed by atoms with Crippen LogP contribution in [0.15, 0.2) is 28.8 Å². The lowest BCUT2D eigenvalue weighted by atomic mass is 9.89. The van der Waals surface area contributed by atoms with Crippen LogP contribution in [0.2, 0.25) is 0 Å². The number of rotatable bonds is 8. The lowest BCUT2D eigenvalue weighted by Gasteiger charge is -2.30. The molecule has 1 aromatic heterocycles. The molecule has 1 N–H and O–H groups in total. The molecule has 0 bridgehead atoms. The lowest BCUT2D eigenvalue weighted by molar-refractivity contribution is -0.132. The molecule has 2 saturated carbocycles. The largest absolute Gasteiger partial charge is 0.343 e. The molecule has 0 unspecified atom stereocenters. The number of carbonyl (C=O) groups is 2. The highest BCUT2D eigenvalue weighted by Crippen LogP contribution is 2.35. The number of nitrogens with zero attached hydrogens (tertiary/aromatic N) is 3. The van der Waals surface area contributed by atoms with Crippen molar-refractivity contribution in [2.24, 2.45) is 0 Å². The summed E-state index contributed by atoms with van der Waals surface area (Å²) in [5, 5.41) is 7.33. The van der Waals surface area contributed by atoms with Gasteiger partial charge in [-0.15, -0.1) is 0 Å². The first-order valence-electron chi connectivity index (χ1n) is 11.9. The van der Waals surface area contributed by atoms with Crippen LogP contribution in [-0.4, -0.2) is 32.9 Å². The third-order valence-corrected chi connectivity index (χ3v) is 6.60. The first-order chi connectivity index (χ1) is 15.4. The minimum absolute atomic E-state index is 0.0791. The van der Waals surface area contributed by atoms with Gasteiger partial charge in [0.25, 0.3) is 0 Å². The van der Waals surface area contributed by atoms with Gasteiger partial charge in [0, 0.05) is 32.4 Å². The smallest absolute Gasteiger partial charge is 0.227 e. The summed E-state index contributed by atoms with van der Waals surface area (Å²) in [5.41, 5.74) is 1.82. The molecule has 0 spiro atoms. The summed E-state index contributed by atoms with van der Waals surface area (Å²) in [5.74, 6) is 1.06. The molecular weight excluding hydrogens is 404 g/mol. The second kappa shape index (κ2) is 9.84. The van der Waals surface area contributed by atoms with E-state index >= 15 is 0 Å². The molecule has 172 valence electrons. The second-order valence-electron chi connectivity index (χ2n) is 9.43. The zero-order chi connectivity index (χ0) is 22.6. The Morgan fingerprint density at radius 1 is 1.12 bits per heavy atom.